The Hall–Kier alpha value is -1.69. The quantitative estimate of drug-likeness (QED) is 0.869. The number of aromatic nitrogens is 3. The predicted octanol–water partition coefficient (Wildman–Crippen LogP) is 2.20. The molecule has 17 heavy (non-hydrogen) atoms. The van der Waals surface area contributed by atoms with Crippen molar-refractivity contribution >= 4 is 23.1 Å². The Balaban J connectivity index is 2.05. The summed E-state index contributed by atoms with van der Waals surface area (Å²) >= 11 is 1.65. The standard InChI is InChI=1S/C11H15N5S/c1-7-4-10(16-11(12-3)14-7)13-5-9-6-17-8(2)15-9/h4,6H,5H2,1-3H3,(H2,12,13,14,16). The SMILES string of the molecule is CNc1nc(C)cc(NCc2csc(C)n2)n1. The lowest BCUT2D eigenvalue weighted by molar-refractivity contribution is 1.02. The normalized spacial score (nSPS) is 10.3. The number of thiazole rings is 1. The van der Waals surface area contributed by atoms with Gasteiger partial charge in [-0.2, -0.15) is 4.98 Å². The summed E-state index contributed by atoms with van der Waals surface area (Å²) in [5, 5.41) is 9.31. The van der Waals surface area contributed by atoms with Gasteiger partial charge < -0.3 is 10.6 Å². The minimum absolute atomic E-state index is 0.627. The van der Waals surface area contributed by atoms with Crippen LogP contribution in [0, 0.1) is 13.8 Å². The average molecular weight is 249 g/mol. The summed E-state index contributed by atoms with van der Waals surface area (Å²) in [4.78, 5) is 12.9. The van der Waals surface area contributed by atoms with E-state index in [1.54, 1.807) is 11.3 Å². The number of rotatable bonds is 4. The number of anilines is 2. The molecule has 0 bridgehead atoms. The lowest BCUT2D eigenvalue weighted by atomic mass is 10.4. The Morgan fingerprint density at radius 1 is 1.24 bits per heavy atom. The number of nitrogens with one attached hydrogen (secondary N) is 2. The molecule has 0 saturated carbocycles. The first-order valence-corrected chi connectivity index (χ1v) is 6.23. The van der Waals surface area contributed by atoms with Crippen LogP contribution in [-0.2, 0) is 6.54 Å². The molecule has 0 amide bonds. The van der Waals surface area contributed by atoms with Gasteiger partial charge in [0.05, 0.1) is 17.2 Å². The van der Waals surface area contributed by atoms with Crippen LogP contribution in [0.25, 0.3) is 0 Å². The second-order valence-corrected chi connectivity index (χ2v) is 4.74. The molecule has 0 aliphatic heterocycles. The first kappa shape index (κ1) is 11.8. The molecule has 0 aliphatic rings. The van der Waals surface area contributed by atoms with Crippen LogP contribution in [0.15, 0.2) is 11.4 Å². The van der Waals surface area contributed by atoms with Crippen molar-refractivity contribution in [2.24, 2.45) is 0 Å². The lowest BCUT2D eigenvalue weighted by Gasteiger charge is -2.06. The van der Waals surface area contributed by atoms with Crippen molar-refractivity contribution in [1.82, 2.24) is 15.0 Å². The molecule has 5 nitrogen and oxygen atoms in total. The first-order valence-electron chi connectivity index (χ1n) is 5.35. The van der Waals surface area contributed by atoms with E-state index in [0.717, 1.165) is 22.2 Å². The number of aryl methyl sites for hydroxylation is 2. The second kappa shape index (κ2) is 5.09. The Morgan fingerprint density at radius 3 is 2.71 bits per heavy atom. The van der Waals surface area contributed by atoms with Crippen molar-refractivity contribution in [2.75, 3.05) is 17.7 Å². The summed E-state index contributed by atoms with van der Waals surface area (Å²) in [7, 11) is 1.81. The molecule has 0 spiro atoms. The van der Waals surface area contributed by atoms with Gasteiger partial charge in [-0.3, -0.25) is 0 Å². The third-order valence-electron chi connectivity index (χ3n) is 2.20. The molecule has 90 valence electrons. The van der Waals surface area contributed by atoms with Crippen molar-refractivity contribution in [3.05, 3.63) is 27.8 Å². The van der Waals surface area contributed by atoms with Crippen LogP contribution in [0.1, 0.15) is 16.4 Å². The largest absolute Gasteiger partial charge is 0.364 e. The van der Waals surface area contributed by atoms with E-state index in [4.69, 9.17) is 0 Å². The molecule has 2 N–H and O–H groups in total. The summed E-state index contributed by atoms with van der Waals surface area (Å²) in [6, 6.07) is 1.92. The van der Waals surface area contributed by atoms with Gasteiger partial charge in [0.15, 0.2) is 0 Å². The molecule has 0 fully saturated rings. The van der Waals surface area contributed by atoms with Crippen LogP contribution < -0.4 is 10.6 Å². The van der Waals surface area contributed by atoms with E-state index < -0.39 is 0 Å². The van der Waals surface area contributed by atoms with E-state index in [-0.39, 0.29) is 0 Å². The highest BCUT2D eigenvalue weighted by atomic mass is 32.1. The summed E-state index contributed by atoms with van der Waals surface area (Å²) in [5.41, 5.74) is 1.97. The zero-order chi connectivity index (χ0) is 12.3. The first-order chi connectivity index (χ1) is 8.17. The monoisotopic (exact) mass is 249 g/mol. The van der Waals surface area contributed by atoms with E-state index >= 15 is 0 Å². The maximum absolute atomic E-state index is 4.39. The van der Waals surface area contributed by atoms with Crippen LogP contribution in [-0.4, -0.2) is 22.0 Å². The van der Waals surface area contributed by atoms with Crippen LogP contribution in [0.5, 0.6) is 0 Å². The summed E-state index contributed by atoms with van der Waals surface area (Å²) in [5.74, 6) is 1.44. The minimum Gasteiger partial charge on any atom is -0.364 e. The topological polar surface area (TPSA) is 62.7 Å². The predicted molar refractivity (Wildman–Crippen MR) is 70.5 cm³/mol. The summed E-state index contributed by atoms with van der Waals surface area (Å²) < 4.78 is 0. The highest BCUT2D eigenvalue weighted by molar-refractivity contribution is 7.09. The molecular weight excluding hydrogens is 234 g/mol. The zero-order valence-corrected chi connectivity index (χ0v) is 10.9. The molecule has 2 aromatic heterocycles. The fraction of sp³-hybridized carbons (Fsp3) is 0.364. The summed E-state index contributed by atoms with van der Waals surface area (Å²) in [6.07, 6.45) is 0. The molecular formula is C11H15N5S. The third kappa shape index (κ3) is 3.13. The van der Waals surface area contributed by atoms with Gasteiger partial charge in [0, 0.05) is 24.2 Å². The van der Waals surface area contributed by atoms with Crippen molar-refractivity contribution in [3.8, 4) is 0 Å². The second-order valence-electron chi connectivity index (χ2n) is 3.68. The van der Waals surface area contributed by atoms with Gasteiger partial charge in [-0.25, -0.2) is 9.97 Å². The number of nitrogens with zero attached hydrogens (tertiary/aromatic N) is 3. The number of hydrogen-bond donors (Lipinski definition) is 2. The smallest absolute Gasteiger partial charge is 0.224 e. The Labute approximate surface area is 104 Å². The van der Waals surface area contributed by atoms with Gasteiger partial charge in [0.25, 0.3) is 0 Å². The van der Waals surface area contributed by atoms with E-state index in [0.29, 0.717) is 12.5 Å². The van der Waals surface area contributed by atoms with Crippen LogP contribution in [0.2, 0.25) is 0 Å². The van der Waals surface area contributed by atoms with Crippen molar-refractivity contribution < 1.29 is 0 Å². The van der Waals surface area contributed by atoms with Gasteiger partial charge in [-0.15, -0.1) is 11.3 Å². The highest BCUT2D eigenvalue weighted by Crippen LogP contribution is 2.12. The zero-order valence-electron chi connectivity index (χ0n) is 10.1. The molecule has 0 atom stereocenters. The minimum atomic E-state index is 0.627. The lowest BCUT2D eigenvalue weighted by Crippen LogP contribution is -2.05. The van der Waals surface area contributed by atoms with Crippen LogP contribution in [0.3, 0.4) is 0 Å². The van der Waals surface area contributed by atoms with E-state index in [1.807, 2.05) is 27.0 Å². The Kier molecular flexibility index (Phi) is 3.53. The Bertz CT molecular complexity index is 508. The van der Waals surface area contributed by atoms with Crippen LogP contribution >= 0.6 is 11.3 Å². The molecule has 0 aliphatic carbocycles. The molecule has 2 rings (SSSR count). The number of hydrogen-bond acceptors (Lipinski definition) is 6. The van der Waals surface area contributed by atoms with Gasteiger partial charge in [-0.1, -0.05) is 0 Å². The van der Waals surface area contributed by atoms with Gasteiger partial charge >= 0.3 is 0 Å². The molecule has 6 heteroatoms. The fourth-order valence-electron chi connectivity index (χ4n) is 1.44. The Morgan fingerprint density at radius 2 is 2.06 bits per heavy atom. The molecule has 0 aromatic carbocycles. The molecule has 0 unspecified atom stereocenters. The van der Waals surface area contributed by atoms with E-state index in [2.05, 4.69) is 31.0 Å². The van der Waals surface area contributed by atoms with Crippen molar-refractivity contribution in [1.29, 1.82) is 0 Å². The maximum atomic E-state index is 4.39. The van der Waals surface area contributed by atoms with Crippen molar-refractivity contribution in [2.45, 2.75) is 20.4 Å². The molecule has 0 radical (unpaired) electrons. The van der Waals surface area contributed by atoms with E-state index in [1.165, 1.54) is 0 Å². The maximum Gasteiger partial charge on any atom is 0.224 e. The van der Waals surface area contributed by atoms with Gasteiger partial charge in [-0.05, 0) is 13.8 Å². The van der Waals surface area contributed by atoms with Crippen molar-refractivity contribution in [3.63, 3.8) is 0 Å². The van der Waals surface area contributed by atoms with Crippen LogP contribution in [0.4, 0.5) is 11.8 Å². The van der Waals surface area contributed by atoms with Gasteiger partial charge in [0.2, 0.25) is 5.95 Å². The third-order valence-corrected chi connectivity index (χ3v) is 3.02. The molecule has 2 heterocycles. The fourth-order valence-corrected chi connectivity index (χ4v) is 2.05. The highest BCUT2D eigenvalue weighted by Gasteiger charge is 2.02. The molecule has 0 saturated heterocycles. The molecule has 2 aromatic rings. The average Bonchev–Trinajstić information content (AvgIpc) is 2.72. The summed E-state index contributed by atoms with van der Waals surface area (Å²) in [6.45, 7) is 4.63. The van der Waals surface area contributed by atoms with E-state index in [9.17, 15) is 0 Å². The van der Waals surface area contributed by atoms with Gasteiger partial charge in [0.1, 0.15) is 5.82 Å².